The van der Waals surface area contributed by atoms with E-state index in [1.165, 1.54) is 0 Å². The van der Waals surface area contributed by atoms with E-state index in [-0.39, 0.29) is 5.91 Å². The third-order valence-corrected chi connectivity index (χ3v) is 4.23. The Hall–Kier alpha value is -2.09. The van der Waals surface area contributed by atoms with E-state index < -0.39 is 0 Å². The number of methoxy groups -OCH3 is 1. The summed E-state index contributed by atoms with van der Waals surface area (Å²) < 4.78 is 11.9. The van der Waals surface area contributed by atoms with Crippen LogP contribution >= 0.6 is 22.6 Å². The molecule has 0 aliphatic rings. The fourth-order valence-electron chi connectivity index (χ4n) is 2.24. The third kappa shape index (κ3) is 6.04. The maximum absolute atomic E-state index is 11.9. The zero-order valence-electron chi connectivity index (χ0n) is 14.3. The van der Waals surface area contributed by atoms with Crippen molar-refractivity contribution in [3.8, 4) is 11.5 Å². The smallest absolute Gasteiger partial charge is 0.240 e. The lowest BCUT2D eigenvalue weighted by Crippen LogP contribution is -2.17. The Bertz CT molecular complexity index is 733. The van der Waals surface area contributed by atoms with Crippen molar-refractivity contribution in [3.63, 3.8) is 0 Å². The van der Waals surface area contributed by atoms with Gasteiger partial charge < -0.3 is 9.47 Å². The van der Waals surface area contributed by atoms with Crippen LogP contribution in [0, 0.1) is 3.57 Å². The number of carbonyl (C=O) groups excluding carboxylic acids is 1. The summed E-state index contributed by atoms with van der Waals surface area (Å²) in [4.78, 5) is 11.9. The van der Waals surface area contributed by atoms with E-state index in [9.17, 15) is 4.79 Å². The Kier molecular flexibility index (Phi) is 7.72. The molecule has 2 aromatic carbocycles. The minimum absolute atomic E-state index is 0.118. The van der Waals surface area contributed by atoms with Crippen molar-refractivity contribution in [2.24, 2.45) is 5.10 Å². The van der Waals surface area contributed by atoms with Crippen LogP contribution in [-0.4, -0.2) is 25.8 Å². The molecule has 5 nitrogen and oxygen atoms in total. The number of halogens is 1. The lowest BCUT2D eigenvalue weighted by molar-refractivity contribution is -0.121. The number of nitrogens with zero attached hydrogens (tertiary/aromatic N) is 1. The molecule has 0 saturated heterocycles. The molecular weight excluding hydrogens is 431 g/mol. The van der Waals surface area contributed by atoms with Crippen LogP contribution in [0.2, 0.25) is 0 Å². The standard InChI is InChI=1S/C19H21IN2O3/c1-3-25-19-16(20)11-15(12-17(19)24-2)13-21-22-18(23)10-9-14-7-5-4-6-8-14/h4-8,11-13H,3,9-10H2,1-2H3,(H,22,23)/b21-13-. The molecule has 0 heterocycles. The maximum atomic E-state index is 11.9. The SMILES string of the molecule is CCOc1c(I)cc(/C=N\NC(=O)CCc2ccccc2)cc1OC. The lowest BCUT2D eigenvalue weighted by Gasteiger charge is -2.12. The van der Waals surface area contributed by atoms with E-state index >= 15 is 0 Å². The quantitative estimate of drug-likeness (QED) is 0.377. The molecule has 25 heavy (non-hydrogen) atoms. The number of rotatable bonds is 8. The topological polar surface area (TPSA) is 59.9 Å². The molecule has 0 bridgehead atoms. The van der Waals surface area contributed by atoms with Gasteiger partial charge in [-0.1, -0.05) is 30.3 Å². The first-order chi connectivity index (χ1) is 12.1. The van der Waals surface area contributed by atoms with Crippen LogP contribution in [-0.2, 0) is 11.2 Å². The van der Waals surface area contributed by atoms with Crippen molar-refractivity contribution in [3.05, 3.63) is 57.2 Å². The summed E-state index contributed by atoms with van der Waals surface area (Å²) in [5, 5.41) is 4.02. The second kappa shape index (κ2) is 10.0. The van der Waals surface area contributed by atoms with Crippen LogP contribution in [0.5, 0.6) is 11.5 Å². The molecule has 2 aromatic rings. The summed E-state index contributed by atoms with van der Waals surface area (Å²) >= 11 is 2.19. The second-order valence-electron chi connectivity index (χ2n) is 5.25. The highest BCUT2D eigenvalue weighted by molar-refractivity contribution is 14.1. The zero-order valence-corrected chi connectivity index (χ0v) is 16.4. The van der Waals surface area contributed by atoms with Crippen molar-refractivity contribution in [1.82, 2.24) is 5.43 Å². The Morgan fingerprint density at radius 3 is 2.72 bits per heavy atom. The predicted molar refractivity (Wildman–Crippen MR) is 107 cm³/mol. The minimum Gasteiger partial charge on any atom is -0.493 e. The molecule has 0 aliphatic heterocycles. The summed E-state index contributed by atoms with van der Waals surface area (Å²) in [7, 11) is 1.60. The molecule has 2 rings (SSSR count). The molecule has 0 saturated carbocycles. The van der Waals surface area contributed by atoms with Gasteiger partial charge in [-0.15, -0.1) is 0 Å². The van der Waals surface area contributed by atoms with E-state index in [1.807, 2.05) is 49.4 Å². The first kappa shape index (κ1) is 19.2. The van der Waals surface area contributed by atoms with Crippen LogP contribution in [0.1, 0.15) is 24.5 Å². The Morgan fingerprint density at radius 2 is 2.04 bits per heavy atom. The summed E-state index contributed by atoms with van der Waals surface area (Å²) in [6, 6.07) is 13.6. The van der Waals surface area contributed by atoms with Crippen LogP contribution in [0.25, 0.3) is 0 Å². The molecule has 0 unspecified atom stereocenters. The van der Waals surface area contributed by atoms with Gasteiger partial charge in [0.25, 0.3) is 0 Å². The van der Waals surface area contributed by atoms with Crippen LogP contribution in [0.3, 0.4) is 0 Å². The molecule has 0 aliphatic carbocycles. The van der Waals surface area contributed by atoms with Crippen molar-refractivity contribution < 1.29 is 14.3 Å². The highest BCUT2D eigenvalue weighted by atomic mass is 127. The molecular formula is C19H21IN2O3. The van der Waals surface area contributed by atoms with Gasteiger partial charge in [-0.3, -0.25) is 4.79 Å². The molecule has 1 amide bonds. The van der Waals surface area contributed by atoms with Gasteiger partial charge in [0.15, 0.2) is 11.5 Å². The lowest BCUT2D eigenvalue weighted by atomic mass is 10.1. The van der Waals surface area contributed by atoms with Gasteiger partial charge >= 0.3 is 0 Å². The number of hydrazone groups is 1. The summed E-state index contributed by atoms with van der Waals surface area (Å²) in [5.41, 5.74) is 4.51. The Labute approximate surface area is 161 Å². The second-order valence-corrected chi connectivity index (χ2v) is 6.41. The number of carbonyl (C=O) groups is 1. The first-order valence-corrected chi connectivity index (χ1v) is 9.08. The first-order valence-electron chi connectivity index (χ1n) is 8.00. The number of ether oxygens (including phenoxy) is 2. The number of hydrogen-bond acceptors (Lipinski definition) is 4. The van der Waals surface area contributed by atoms with Crippen LogP contribution in [0.15, 0.2) is 47.6 Å². The minimum atomic E-state index is -0.118. The molecule has 0 fully saturated rings. The number of benzene rings is 2. The highest BCUT2D eigenvalue weighted by Gasteiger charge is 2.10. The molecule has 1 N–H and O–H groups in total. The Morgan fingerprint density at radius 1 is 1.28 bits per heavy atom. The summed E-state index contributed by atoms with van der Waals surface area (Å²) in [6.07, 6.45) is 2.68. The largest absolute Gasteiger partial charge is 0.493 e. The van der Waals surface area contributed by atoms with E-state index in [1.54, 1.807) is 13.3 Å². The average Bonchev–Trinajstić information content (AvgIpc) is 2.63. The van der Waals surface area contributed by atoms with E-state index in [4.69, 9.17) is 9.47 Å². The van der Waals surface area contributed by atoms with Gasteiger partial charge in [-0.25, -0.2) is 5.43 Å². The van der Waals surface area contributed by atoms with Crippen LogP contribution < -0.4 is 14.9 Å². The molecule has 6 heteroatoms. The molecule has 0 radical (unpaired) electrons. The normalized spacial score (nSPS) is 10.7. The van der Waals surface area contributed by atoms with Crippen molar-refractivity contribution in [2.75, 3.05) is 13.7 Å². The fraction of sp³-hybridized carbons (Fsp3) is 0.263. The van der Waals surface area contributed by atoms with Crippen molar-refractivity contribution >= 4 is 34.7 Å². The van der Waals surface area contributed by atoms with E-state index in [2.05, 4.69) is 33.1 Å². The zero-order chi connectivity index (χ0) is 18.1. The third-order valence-electron chi connectivity index (χ3n) is 3.43. The Balaban J connectivity index is 1.92. The highest BCUT2D eigenvalue weighted by Crippen LogP contribution is 2.33. The van der Waals surface area contributed by atoms with Gasteiger partial charge in [-0.05, 0) is 59.2 Å². The van der Waals surface area contributed by atoms with Crippen LogP contribution in [0.4, 0.5) is 0 Å². The number of hydrogen-bond donors (Lipinski definition) is 1. The number of nitrogens with one attached hydrogen (secondary N) is 1. The van der Waals surface area contributed by atoms with Crippen molar-refractivity contribution in [2.45, 2.75) is 19.8 Å². The van der Waals surface area contributed by atoms with Gasteiger partial charge in [0, 0.05) is 6.42 Å². The average molecular weight is 452 g/mol. The van der Waals surface area contributed by atoms with Crippen molar-refractivity contribution in [1.29, 1.82) is 0 Å². The molecule has 132 valence electrons. The predicted octanol–water partition coefficient (Wildman–Crippen LogP) is 3.78. The molecule has 0 spiro atoms. The fourth-order valence-corrected chi connectivity index (χ4v) is 3.02. The maximum Gasteiger partial charge on any atom is 0.240 e. The molecule has 0 aromatic heterocycles. The van der Waals surface area contributed by atoms with Gasteiger partial charge in [-0.2, -0.15) is 5.10 Å². The summed E-state index contributed by atoms with van der Waals surface area (Å²) in [5.74, 6) is 1.24. The van der Waals surface area contributed by atoms with E-state index in [0.717, 1.165) is 20.4 Å². The molecule has 0 atom stereocenters. The van der Waals surface area contributed by atoms with Gasteiger partial charge in [0.05, 0.1) is 23.5 Å². The van der Waals surface area contributed by atoms with E-state index in [0.29, 0.717) is 25.2 Å². The number of aryl methyl sites for hydroxylation is 1. The summed E-state index contributed by atoms with van der Waals surface area (Å²) in [6.45, 7) is 2.49. The number of amides is 1. The van der Waals surface area contributed by atoms with Gasteiger partial charge in [0.1, 0.15) is 0 Å². The monoisotopic (exact) mass is 452 g/mol. The van der Waals surface area contributed by atoms with Gasteiger partial charge in [0.2, 0.25) is 5.91 Å².